The van der Waals surface area contributed by atoms with E-state index < -0.39 is 0 Å². The van der Waals surface area contributed by atoms with E-state index in [0.717, 1.165) is 23.7 Å². The number of fused-ring (bicyclic) bond motifs is 2. The van der Waals surface area contributed by atoms with Crippen molar-refractivity contribution in [3.8, 4) is 0 Å². The first-order valence-corrected chi connectivity index (χ1v) is 13.5. The Balaban J connectivity index is 1.16. The van der Waals surface area contributed by atoms with Crippen molar-refractivity contribution in [2.45, 2.75) is 68.9 Å². The highest BCUT2D eigenvalue weighted by atomic mass is 79.9. The SMILES string of the molecule is CN1C[C@H](CN(C)C23CC4CC(CC(C4)C2)C3)C[C@@H]2c3cccc4[nH]c(Br)c(c34)C[C@H]21. The zero-order valence-electron chi connectivity index (χ0n) is 19.0. The lowest BCUT2D eigenvalue weighted by molar-refractivity contribution is -0.0866. The Morgan fingerprint density at radius 3 is 2.52 bits per heavy atom. The van der Waals surface area contributed by atoms with Crippen LogP contribution in [0.15, 0.2) is 22.8 Å². The van der Waals surface area contributed by atoms with Gasteiger partial charge in [-0.3, -0.25) is 0 Å². The van der Waals surface area contributed by atoms with Gasteiger partial charge in [-0.05, 0) is 122 Å². The van der Waals surface area contributed by atoms with Crippen molar-refractivity contribution in [3.63, 3.8) is 0 Å². The van der Waals surface area contributed by atoms with Crippen molar-refractivity contribution in [3.05, 3.63) is 33.9 Å². The molecule has 0 radical (unpaired) electrons. The van der Waals surface area contributed by atoms with Gasteiger partial charge in [0.05, 0.1) is 4.60 Å². The smallest absolute Gasteiger partial charge is 0.0864 e. The fourth-order valence-corrected chi connectivity index (χ4v) is 9.92. The largest absolute Gasteiger partial charge is 0.349 e. The fourth-order valence-electron chi connectivity index (χ4n) is 9.34. The number of nitrogens with one attached hydrogen (secondary N) is 1. The number of aromatic nitrogens is 1. The second-order valence-electron chi connectivity index (χ2n) is 12.1. The van der Waals surface area contributed by atoms with Gasteiger partial charge in [0.2, 0.25) is 0 Å². The van der Waals surface area contributed by atoms with Crippen molar-refractivity contribution in [2.75, 3.05) is 27.2 Å². The van der Waals surface area contributed by atoms with Gasteiger partial charge in [0.15, 0.2) is 0 Å². The topological polar surface area (TPSA) is 22.3 Å². The van der Waals surface area contributed by atoms with Crippen molar-refractivity contribution in [1.29, 1.82) is 0 Å². The first kappa shape index (κ1) is 19.6. The second-order valence-corrected chi connectivity index (χ2v) is 12.9. The number of likely N-dealkylation sites (N-methyl/N-ethyl adjacent to an activating group) is 1. The summed E-state index contributed by atoms with van der Waals surface area (Å²) in [5.41, 5.74) is 4.95. The number of hydrogen-bond acceptors (Lipinski definition) is 2. The van der Waals surface area contributed by atoms with Crippen LogP contribution in [0.3, 0.4) is 0 Å². The van der Waals surface area contributed by atoms with Gasteiger partial charge in [-0.15, -0.1) is 0 Å². The standard InChI is InChI=1S/C27H36BrN3/c1-30-14-19(15-31(2)27-11-16-6-17(12-27)8-18(7-16)13-27)9-21-20-4-3-5-23-25(20)22(10-24(21)30)26(28)29-23/h3-5,16-19,21,24,29H,6-15H2,1-2H3/t16?,17?,18?,19-,21-,24-,27?/m1/s1. The highest BCUT2D eigenvalue weighted by Gasteiger charge is 2.53. The summed E-state index contributed by atoms with van der Waals surface area (Å²) < 4.78 is 1.20. The minimum Gasteiger partial charge on any atom is -0.349 e. The predicted octanol–water partition coefficient (Wildman–Crippen LogP) is 5.79. The van der Waals surface area contributed by atoms with Crippen LogP contribution in [0, 0.1) is 23.7 Å². The maximum Gasteiger partial charge on any atom is 0.0864 e. The van der Waals surface area contributed by atoms with Gasteiger partial charge in [0.25, 0.3) is 0 Å². The summed E-state index contributed by atoms with van der Waals surface area (Å²) in [4.78, 5) is 9.17. The highest BCUT2D eigenvalue weighted by Crippen LogP contribution is 2.58. The number of likely N-dealkylation sites (tertiary alicyclic amines) is 1. The van der Waals surface area contributed by atoms with E-state index in [0.29, 0.717) is 17.5 Å². The molecule has 1 saturated heterocycles. The summed E-state index contributed by atoms with van der Waals surface area (Å²) in [6.45, 7) is 2.55. The van der Waals surface area contributed by atoms with Gasteiger partial charge in [-0.25, -0.2) is 0 Å². The number of hydrogen-bond donors (Lipinski definition) is 1. The van der Waals surface area contributed by atoms with Crippen LogP contribution in [0.4, 0.5) is 0 Å². The molecule has 4 heteroatoms. The van der Waals surface area contributed by atoms with E-state index in [1.54, 1.807) is 24.8 Å². The van der Waals surface area contributed by atoms with E-state index in [1.807, 2.05) is 0 Å². The number of benzene rings is 1. The normalized spacial score (nSPS) is 41.3. The van der Waals surface area contributed by atoms with E-state index in [-0.39, 0.29) is 0 Å². The van der Waals surface area contributed by atoms with Crippen LogP contribution in [0.25, 0.3) is 10.9 Å². The molecule has 6 aliphatic rings. The molecule has 4 saturated carbocycles. The Morgan fingerprint density at radius 2 is 1.81 bits per heavy atom. The number of H-pyrrole nitrogens is 1. The first-order valence-electron chi connectivity index (χ1n) is 12.7. The zero-order chi connectivity index (χ0) is 20.9. The molecule has 4 bridgehead atoms. The zero-order valence-corrected chi connectivity index (χ0v) is 20.6. The molecule has 3 nitrogen and oxygen atoms in total. The highest BCUT2D eigenvalue weighted by molar-refractivity contribution is 9.10. The monoisotopic (exact) mass is 481 g/mol. The number of piperidine rings is 1. The number of aromatic amines is 1. The van der Waals surface area contributed by atoms with Crippen LogP contribution < -0.4 is 0 Å². The van der Waals surface area contributed by atoms with Crippen molar-refractivity contribution in [2.24, 2.45) is 23.7 Å². The minimum atomic E-state index is 0.537. The first-order chi connectivity index (χ1) is 15.0. The lowest BCUT2D eigenvalue weighted by Crippen LogP contribution is -2.60. The third kappa shape index (κ3) is 2.90. The van der Waals surface area contributed by atoms with Crippen LogP contribution in [0.1, 0.15) is 62.0 Å². The molecular formula is C27H36BrN3. The van der Waals surface area contributed by atoms with Gasteiger partial charge in [0, 0.05) is 41.5 Å². The Kier molecular flexibility index (Phi) is 4.33. The third-order valence-corrected chi connectivity index (χ3v) is 10.9. The summed E-state index contributed by atoms with van der Waals surface area (Å²) >= 11 is 3.81. The molecule has 8 rings (SSSR count). The van der Waals surface area contributed by atoms with E-state index in [9.17, 15) is 0 Å². The number of nitrogens with zero attached hydrogens (tertiary/aromatic N) is 2. The quantitative estimate of drug-likeness (QED) is 0.598. The van der Waals surface area contributed by atoms with Crippen LogP contribution in [0.2, 0.25) is 0 Å². The average molecular weight is 483 g/mol. The van der Waals surface area contributed by atoms with E-state index in [2.05, 4.69) is 63.0 Å². The second kappa shape index (κ2) is 6.84. The number of rotatable bonds is 3. The number of halogens is 1. The Morgan fingerprint density at radius 1 is 1.10 bits per heavy atom. The molecule has 31 heavy (non-hydrogen) atoms. The minimum absolute atomic E-state index is 0.537. The third-order valence-electron chi connectivity index (χ3n) is 10.2. The van der Waals surface area contributed by atoms with Gasteiger partial charge in [-0.2, -0.15) is 0 Å². The molecule has 1 aromatic heterocycles. The average Bonchev–Trinajstić information content (AvgIpc) is 3.04. The maximum atomic E-state index is 3.81. The molecule has 2 aromatic rings. The van der Waals surface area contributed by atoms with Crippen molar-refractivity contribution in [1.82, 2.24) is 14.8 Å². The maximum absolute atomic E-state index is 3.81. The predicted molar refractivity (Wildman–Crippen MR) is 131 cm³/mol. The Bertz CT molecular complexity index is 990. The van der Waals surface area contributed by atoms with Crippen molar-refractivity contribution >= 4 is 26.8 Å². The molecule has 0 spiro atoms. The van der Waals surface area contributed by atoms with E-state index in [4.69, 9.17) is 0 Å². The fraction of sp³-hybridized carbons (Fsp3) is 0.704. The summed E-state index contributed by atoms with van der Waals surface area (Å²) in [7, 11) is 4.88. The Hall–Kier alpha value is -0.840. The molecule has 3 atom stereocenters. The molecular weight excluding hydrogens is 446 g/mol. The van der Waals surface area contributed by atoms with Crippen molar-refractivity contribution < 1.29 is 0 Å². The van der Waals surface area contributed by atoms with Gasteiger partial charge < -0.3 is 14.8 Å². The van der Waals surface area contributed by atoms with Crippen LogP contribution >= 0.6 is 15.9 Å². The summed E-state index contributed by atoms with van der Waals surface area (Å²) in [6, 6.07) is 7.57. The summed E-state index contributed by atoms with van der Waals surface area (Å²) in [5, 5.41) is 1.51. The molecule has 0 unspecified atom stereocenters. The van der Waals surface area contributed by atoms with Gasteiger partial charge >= 0.3 is 0 Å². The molecule has 1 aliphatic heterocycles. The summed E-state index contributed by atoms with van der Waals surface area (Å²) in [6.07, 6.45) is 11.6. The van der Waals surface area contributed by atoms with Crippen LogP contribution in [-0.4, -0.2) is 53.5 Å². The molecule has 1 aromatic carbocycles. The molecule has 166 valence electrons. The Labute approximate surface area is 195 Å². The van der Waals surface area contributed by atoms with Gasteiger partial charge in [-0.1, -0.05) is 12.1 Å². The molecule has 0 amide bonds. The lowest BCUT2D eigenvalue weighted by atomic mass is 9.52. The van der Waals surface area contributed by atoms with Crippen LogP contribution in [-0.2, 0) is 6.42 Å². The summed E-state index contributed by atoms with van der Waals surface area (Å²) in [5.74, 6) is 4.56. The molecule has 5 fully saturated rings. The lowest BCUT2D eigenvalue weighted by Gasteiger charge is -2.60. The molecule has 1 N–H and O–H groups in total. The molecule has 5 aliphatic carbocycles. The molecule has 2 heterocycles. The van der Waals surface area contributed by atoms with Crippen LogP contribution in [0.5, 0.6) is 0 Å². The van der Waals surface area contributed by atoms with Gasteiger partial charge in [0.1, 0.15) is 0 Å². The van der Waals surface area contributed by atoms with E-state index in [1.165, 1.54) is 66.3 Å². The van der Waals surface area contributed by atoms with E-state index >= 15 is 0 Å².